The Labute approximate surface area is 188 Å². The van der Waals surface area contributed by atoms with Crippen molar-refractivity contribution in [1.82, 2.24) is 14.9 Å². The molecule has 0 bridgehead atoms. The summed E-state index contributed by atoms with van der Waals surface area (Å²) in [4.78, 5) is 12.3. The molecule has 7 nitrogen and oxygen atoms in total. The molecule has 1 saturated heterocycles. The van der Waals surface area contributed by atoms with Gasteiger partial charge in [0, 0.05) is 32.7 Å². The molecule has 0 spiro atoms. The number of hydrogen-bond donors (Lipinski definition) is 1. The molecule has 1 unspecified atom stereocenters. The highest BCUT2D eigenvalue weighted by Gasteiger charge is 2.27. The third-order valence-corrected chi connectivity index (χ3v) is 6.96. The van der Waals surface area contributed by atoms with Gasteiger partial charge in [-0.1, -0.05) is 36.4 Å². The molecule has 0 aliphatic carbocycles. The van der Waals surface area contributed by atoms with Crippen LogP contribution >= 0.6 is 0 Å². The molecule has 0 amide bonds. The molecule has 4 rings (SSSR count). The third kappa shape index (κ3) is 5.05. The van der Waals surface area contributed by atoms with E-state index in [0.29, 0.717) is 6.04 Å². The van der Waals surface area contributed by atoms with Gasteiger partial charge in [-0.05, 0) is 42.7 Å². The zero-order valence-electron chi connectivity index (χ0n) is 18.1. The van der Waals surface area contributed by atoms with Gasteiger partial charge in [0.05, 0.1) is 11.9 Å². The molecule has 168 valence electrons. The summed E-state index contributed by atoms with van der Waals surface area (Å²) in [5.41, 5.74) is 2.99. The van der Waals surface area contributed by atoms with Crippen molar-refractivity contribution in [2.75, 3.05) is 29.8 Å². The Morgan fingerprint density at radius 1 is 1.19 bits per heavy atom. The van der Waals surface area contributed by atoms with Crippen LogP contribution in [-0.4, -0.2) is 49.5 Å². The number of aromatic nitrogens is 2. The van der Waals surface area contributed by atoms with E-state index in [1.165, 1.54) is 23.8 Å². The van der Waals surface area contributed by atoms with Crippen LogP contribution in [-0.2, 0) is 16.6 Å². The first-order valence-electron chi connectivity index (χ1n) is 10.4. The maximum absolute atomic E-state index is 13.3. The van der Waals surface area contributed by atoms with Crippen LogP contribution in [0.15, 0.2) is 65.8 Å². The first-order valence-corrected chi connectivity index (χ1v) is 11.9. The van der Waals surface area contributed by atoms with Crippen LogP contribution in [0.5, 0.6) is 0 Å². The largest absolute Gasteiger partial charge is 0.369 e. The van der Waals surface area contributed by atoms with Crippen LogP contribution in [0.4, 0.5) is 15.9 Å². The van der Waals surface area contributed by atoms with Crippen LogP contribution in [0.3, 0.4) is 0 Å². The molecule has 3 aromatic rings. The Hall–Kier alpha value is -3.04. The number of nitrogens with zero attached hydrogens (tertiary/aromatic N) is 4. The molecule has 9 heteroatoms. The lowest BCUT2D eigenvalue weighted by atomic mass is 10.1. The van der Waals surface area contributed by atoms with E-state index in [2.05, 4.69) is 48.8 Å². The average molecular weight is 456 g/mol. The predicted molar refractivity (Wildman–Crippen MR) is 123 cm³/mol. The maximum atomic E-state index is 13.3. The highest BCUT2D eigenvalue weighted by atomic mass is 32.2. The summed E-state index contributed by atoms with van der Waals surface area (Å²) >= 11 is 0. The Bertz CT molecular complexity index is 1190. The van der Waals surface area contributed by atoms with Gasteiger partial charge in [-0.15, -0.1) is 0 Å². The SMILES string of the molecule is Cc1cc(S(=O)(=O)Nc2cccc(F)n2)ncc1N(C)C1CCN(Cc2ccccc2)C1. The van der Waals surface area contributed by atoms with Crippen LogP contribution in [0.25, 0.3) is 0 Å². The lowest BCUT2D eigenvalue weighted by Crippen LogP contribution is -2.35. The predicted octanol–water partition coefficient (Wildman–Crippen LogP) is 3.44. The van der Waals surface area contributed by atoms with Gasteiger partial charge in [0.25, 0.3) is 10.0 Å². The molecule has 1 N–H and O–H groups in total. The van der Waals surface area contributed by atoms with Crippen molar-refractivity contribution in [1.29, 1.82) is 0 Å². The average Bonchev–Trinajstić information content (AvgIpc) is 3.22. The number of benzene rings is 1. The van der Waals surface area contributed by atoms with E-state index < -0.39 is 16.0 Å². The fourth-order valence-electron chi connectivity index (χ4n) is 4.00. The van der Waals surface area contributed by atoms with Gasteiger partial charge in [-0.2, -0.15) is 12.8 Å². The zero-order chi connectivity index (χ0) is 22.7. The number of sulfonamides is 1. The van der Waals surface area contributed by atoms with Crippen LogP contribution in [0.1, 0.15) is 17.5 Å². The van der Waals surface area contributed by atoms with Crippen molar-refractivity contribution in [3.8, 4) is 0 Å². The van der Waals surface area contributed by atoms with E-state index in [0.717, 1.165) is 43.4 Å². The number of aryl methyl sites for hydroxylation is 1. The number of likely N-dealkylation sites (N-methyl/N-ethyl adjacent to an activating group) is 1. The fourth-order valence-corrected chi connectivity index (χ4v) is 5.02. The first kappa shape index (κ1) is 22.2. The lowest BCUT2D eigenvalue weighted by molar-refractivity contribution is 0.326. The second-order valence-electron chi connectivity index (χ2n) is 8.03. The minimum Gasteiger partial charge on any atom is -0.369 e. The number of pyridine rings is 2. The molecule has 1 fully saturated rings. The molecule has 1 atom stereocenters. The van der Waals surface area contributed by atoms with Crippen molar-refractivity contribution in [2.45, 2.75) is 31.0 Å². The number of anilines is 2. The summed E-state index contributed by atoms with van der Waals surface area (Å²) in [6, 6.07) is 16.2. The van der Waals surface area contributed by atoms with E-state index in [9.17, 15) is 12.8 Å². The van der Waals surface area contributed by atoms with E-state index in [1.807, 2.05) is 20.0 Å². The van der Waals surface area contributed by atoms with Crippen LogP contribution < -0.4 is 9.62 Å². The van der Waals surface area contributed by atoms with Crippen LogP contribution in [0.2, 0.25) is 0 Å². The minimum atomic E-state index is -3.97. The van der Waals surface area contributed by atoms with Gasteiger partial charge >= 0.3 is 0 Å². The van der Waals surface area contributed by atoms with E-state index in [-0.39, 0.29) is 10.8 Å². The summed E-state index contributed by atoms with van der Waals surface area (Å²) in [6.45, 7) is 4.72. The topological polar surface area (TPSA) is 78.4 Å². The molecule has 1 aliphatic rings. The van der Waals surface area contributed by atoms with E-state index in [1.54, 1.807) is 6.20 Å². The first-order chi connectivity index (χ1) is 15.3. The molecule has 1 aliphatic heterocycles. The highest BCUT2D eigenvalue weighted by Crippen LogP contribution is 2.26. The molecule has 1 aromatic carbocycles. The Morgan fingerprint density at radius 3 is 2.69 bits per heavy atom. The van der Waals surface area contributed by atoms with Crippen molar-refractivity contribution in [3.63, 3.8) is 0 Å². The quantitative estimate of drug-likeness (QED) is 0.550. The smallest absolute Gasteiger partial charge is 0.280 e. The lowest BCUT2D eigenvalue weighted by Gasteiger charge is -2.28. The molecular formula is C23H26FN5O2S. The fraction of sp³-hybridized carbons (Fsp3) is 0.304. The number of likely N-dealkylation sites (tertiary alicyclic amines) is 1. The van der Waals surface area contributed by atoms with Gasteiger partial charge in [-0.25, -0.2) is 9.97 Å². The maximum Gasteiger partial charge on any atom is 0.280 e. The standard InChI is InChI=1S/C23H26FN5O2S/c1-17-13-23(32(30,31)27-22-10-6-9-21(24)26-22)25-14-20(17)28(2)19-11-12-29(16-19)15-18-7-4-3-5-8-18/h3-10,13-14,19H,11-12,15-16H2,1-2H3,(H,26,27). The highest BCUT2D eigenvalue weighted by molar-refractivity contribution is 7.92. The zero-order valence-corrected chi connectivity index (χ0v) is 18.9. The number of hydrogen-bond acceptors (Lipinski definition) is 6. The van der Waals surface area contributed by atoms with Crippen molar-refractivity contribution < 1.29 is 12.8 Å². The van der Waals surface area contributed by atoms with Gasteiger partial charge < -0.3 is 4.90 Å². The summed E-state index contributed by atoms with van der Waals surface area (Å²) < 4.78 is 40.9. The number of nitrogens with one attached hydrogen (secondary N) is 1. The van der Waals surface area contributed by atoms with E-state index >= 15 is 0 Å². The third-order valence-electron chi connectivity index (χ3n) is 5.71. The molecule has 0 saturated carbocycles. The van der Waals surface area contributed by atoms with Gasteiger partial charge in [0.15, 0.2) is 5.03 Å². The Kier molecular flexibility index (Phi) is 6.38. The van der Waals surface area contributed by atoms with E-state index in [4.69, 9.17) is 0 Å². The second kappa shape index (κ2) is 9.22. The molecule has 3 heterocycles. The monoisotopic (exact) mass is 455 g/mol. The summed E-state index contributed by atoms with van der Waals surface area (Å²) in [5, 5.41) is -0.129. The van der Waals surface area contributed by atoms with Crippen LogP contribution in [0, 0.1) is 12.9 Å². The van der Waals surface area contributed by atoms with Crippen molar-refractivity contribution in [3.05, 3.63) is 77.9 Å². The van der Waals surface area contributed by atoms with Gasteiger partial charge in [-0.3, -0.25) is 9.62 Å². The summed E-state index contributed by atoms with van der Waals surface area (Å²) in [7, 11) is -1.96. The Morgan fingerprint density at radius 2 is 1.97 bits per heavy atom. The molecule has 2 aromatic heterocycles. The minimum absolute atomic E-state index is 0.0879. The van der Waals surface area contributed by atoms with Crippen molar-refractivity contribution >= 4 is 21.5 Å². The molecule has 0 radical (unpaired) electrons. The van der Waals surface area contributed by atoms with Crippen molar-refractivity contribution in [2.24, 2.45) is 0 Å². The normalized spacial score (nSPS) is 16.8. The summed E-state index contributed by atoms with van der Waals surface area (Å²) in [6.07, 6.45) is 2.61. The summed E-state index contributed by atoms with van der Waals surface area (Å²) in [5.74, 6) is -0.848. The second-order valence-corrected chi connectivity index (χ2v) is 9.66. The van der Waals surface area contributed by atoms with Gasteiger partial charge in [0.2, 0.25) is 5.95 Å². The molecular weight excluding hydrogens is 429 g/mol. The Balaban J connectivity index is 1.44. The number of halogens is 1. The number of rotatable bonds is 7. The molecule has 32 heavy (non-hydrogen) atoms. The van der Waals surface area contributed by atoms with Gasteiger partial charge in [0.1, 0.15) is 5.82 Å².